The highest BCUT2D eigenvalue weighted by Crippen LogP contribution is 2.26. The lowest BCUT2D eigenvalue weighted by Crippen LogP contribution is -2.61. The highest BCUT2D eigenvalue weighted by Gasteiger charge is 2.41. The number of aromatic nitrogens is 3. The van der Waals surface area contributed by atoms with Gasteiger partial charge >= 0.3 is 5.97 Å². The second-order valence-corrected chi connectivity index (χ2v) is 26.5. The van der Waals surface area contributed by atoms with Crippen LogP contribution in [0, 0.1) is 5.92 Å². The summed E-state index contributed by atoms with van der Waals surface area (Å²) >= 11 is 0. The summed E-state index contributed by atoms with van der Waals surface area (Å²) in [5.41, 5.74) is 21.2. The number of primary amides is 2. The van der Waals surface area contributed by atoms with Gasteiger partial charge in [0.1, 0.15) is 60.4 Å². The van der Waals surface area contributed by atoms with Gasteiger partial charge in [-0.3, -0.25) is 67.1 Å². The molecule has 21 N–H and O–H groups in total. The fourth-order valence-corrected chi connectivity index (χ4v) is 12.9. The van der Waals surface area contributed by atoms with E-state index in [9.17, 15) is 58.2 Å². The van der Waals surface area contributed by atoms with Crippen molar-refractivity contribution in [2.45, 2.75) is 158 Å². The zero-order valence-electron chi connectivity index (χ0n) is 59.5. The molecule has 4 aromatic carbocycles. The average Bonchev–Trinajstić information content (AvgIpc) is 1.73. The first-order valence-electron chi connectivity index (χ1n) is 35.3. The van der Waals surface area contributed by atoms with Gasteiger partial charge in [-0.1, -0.05) is 105 Å². The fraction of sp³-hybridized carbons (Fsp3) is 0.405. The van der Waals surface area contributed by atoms with Crippen LogP contribution < -0.4 is 70.4 Å². The molecule has 570 valence electrons. The van der Waals surface area contributed by atoms with Crippen molar-refractivity contribution in [3.05, 3.63) is 144 Å². The molecule has 4 heterocycles. The van der Waals surface area contributed by atoms with Crippen LogP contribution in [0.4, 0.5) is 0 Å². The van der Waals surface area contributed by atoms with E-state index in [-0.39, 0.29) is 58.0 Å². The molecule has 1 aliphatic heterocycles. The van der Waals surface area contributed by atoms with Crippen molar-refractivity contribution < 1.29 is 77.3 Å². The number of fused-ring (bicyclic) bond motifs is 3. The number of nitrogens with one attached hydrogen (secondary N) is 13. The number of rotatable bonds is 40. The largest absolute Gasteiger partial charge is 0.481 e. The van der Waals surface area contributed by atoms with E-state index < -0.39 is 175 Å². The molecule has 3 aromatic heterocycles. The molecule has 11 atom stereocenters. The van der Waals surface area contributed by atoms with E-state index >= 15 is 19.2 Å². The van der Waals surface area contributed by atoms with Gasteiger partial charge in [0.25, 0.3) is 0 Å². The van der Waals surface area contributed by atoms with Crippen LogP contribution in [-0.4, -0.2) is 199 Å². The second kappa shape index (κ2) is 38.7. The van der Waals surface area contributed by atoms with Crippen LogP contribution in [0.5, 0.6) is 0 Å². The van der Waals surface area contributed by atoms with Crippen molar-refractivity contribution in [2.75, 3.05) is 26.2 Å². The van der Waals surface area contributed by atoms with Crippen molar-refractivity contribution in [3.63, 3.8) is 0 Å². The molecule has 107 heavy (non-hydrogen) atoms. The Bertz CT molecular complexity index is 4370. The molecule has 33 nitrogen and oxygen atoms in total. The Morgan fingerprint density at radius 2 is 0.972 bits per heavy atom. The van der Waals surface area contributed by atoms with Gasteiger partial charge in [0.15, 0.2) is 0 Å². The van der Waals surface area contributed by atoms with E-state index in [0.717, 1.165) is 6.92 Å². The van der Waals surface area contributed by atoms with Crippen LogP contribution in [0.1, 0.15) is 94.4 Å². The highest BCUT2D eigenvalue weighted by atomic mass is 16.4. The SMILES string of the molecule is CC[C@H](C)[C@H](NC(=O)CNC(=O)[C@@H]1CCCN1C(=O)[C@H](Cc1c[nH]c2ccccc12)NC(=O)[C@@H](Cc1c[nH]c2ccccc12)NC(=O)[C@H](CCCCN)NC(=O)[C@H](Cc1c[nH]c2ccccc12)NC(=O)[C@H](CC(N)=O)NC(=O)[C@H](CO)NC(C)=O)C(=O)N[C@@H](Cc1ccccc1)C(=O)N[C@@H](CC(=O)O)C(N)=O. The number of carboxylic acids is 1. The van der Waals surface area contributed by atoms with Gasteiger partial charge in [-0.15, -0.1) is 0 Å². The molecule has 7 aromatic rings. The normalized spacial score (nSPS) is 15.5. The van der Waals surface area contributed by atoms with Crippen LogP contribution in [0.3, 0.4) is 0 Å². The lowest BCUT2D eigenvalue weighted by Gasteiger charge is -2.30. The maximum absolute atomic E-state index is 15.5. The number of para-hydroxylation sites is 3. The third-order valence-corrected chi connectivity index (χ3v) is 18.7. The number of carboxylic acid groups (broad SMARTS) is 1. The molecule has 0 spiro atoms. The van der Waals surface area contributed by atoms with E-state index in [0.29, 0.717) is 74.2 Å². The van der Waals surface area contributed by atoms with E-state index in [4.69, 9.17) is 17.2 Å². The predicted octanol–water partition coefficient (Wildman–Crippen LogP) is -1.11. The van der Waals surface area contributed by atoms with E-state index in [1.807, 2.05) is 24.3 Å². The molecular weight excluding hydrogens is 1380 g/mol. The smallest absolute Gasteiger partial charge is 0.305 e. The quantitative estimate of drug-likeness (QED) is 0.0203. The minimum Gasteiger partial charge on any atom is -0.481 e. The Balaban J connectivity index is 1.04. The highest BCUT2D eigenvalue weighted by molar-refractivity contribution is 6.01. The van der Waals surface area contributed by atoms with Crippen LogP contribution >= 0.6 is 0 Å². The molecule has 0 saturated carbocycles. The summed E-state index contributed by atoms with van der Waals surface area (Å²) in [4.78, 5) is 204. The maximum Gasteiger partial charge on any atom is 0.305 e. The number of amides is 13. The number of hydrogen-bond donors (Lipinski definition) is 18. The Morgan fingerprint density at radius 1 is 0.523 bits per heavy atom. The van der Waals surface area contributed by atoms with Gasteiger partial charge in [0, 0.05) is 90.5 Å². The Morgan fingerprint density at radius 3 is 1.47 bits per heavy atom. The van der Waals surface area contributed by atoms with Crippen molar-refractivity contribution in [1.82, 2.24) is 73.0 Å². The second-order valence-electron chi connectivity index (χ2n) is 26.5. The number of aliphatic hydroxyl groups is 1. The van der Waals surface area contributed by atoms with Crippen molar-refractivity contribution in [2.24, 2.45) is 23.1 Å². The molecule has 0 radical (unpaired) electrons. The Kier molecular flexibility index (Phi) is 29.2. The molecule has 33 heteroatoms. The predicted molar refractivity (Wildman–Crippen MR) is 392 cm³/mol. The zero-order valence-corrected chi connectivity index (χ0v) is 59.5. The topological polar surface area (TPSA) is 528 Å². The molecule has 1 aliphatic rings. The fourth-order valence-electron chi connectivity index (χ4n) is 12.9. The number of nitrogens with two attached hydrogens (primary N) is 3. The number of carbonyl (C=O) groups excluding carboxylic acids is 13. The Labute approximate surface area is 614 Å². The molecule has 1 fully saturated rings. The molecular formula is C74H93N17O16. The summed E-state index contributed by atoms with van der Waals surface area (Å²) < 4.78 is 0. The van der Waals surface area contributed by atoms with Crippen LogP contribution in [0.2, 0.25) is 0 Å². The number of aliphatic carboxylic acids is 1. The van der Waals surface area contributed by atoms with Gasteiger partial charge in [0.05, 0.1) is 26.0 Å². The number of carbonyl (C=O) groups is 14. The van der Waals surface area contributed by atoms with Gasteiger partial charge in [-0.25, -0.2) is 0 Å². The molecule has 13 amide bonds. The number of aromatic amines is 3. The molecule has 0 bridgehead atoms. The summed E-state index contributed by atoms with van der Waals surface area (Å²) in [7, 11) is 0. The standard InChI is InChI=1S/C74H93N17O16/c1-4-40(2)64(73(106)88-54(29-42-17-6-5-7-18-42)67(100)84-53(65(77)98)34-63(96)97)90-62(95)38-81-72(105)60-26-16-28-91(60)74(107)58(32-45-37-80-51-24-13-10-21-48(45)51)89-69(102)56(31-44-36-79-50-23-12-9-20-47(44)50)85-66(99)52(25-14-15-27-75)83-68(101)55(30-43-35-78-49-22-11-8-19-46(43)49)86-70(103)57(33-61(76)94)87-71(104)59(39-92)82-41(3)93/h5-13,17-24,35-37,40,52-60,64,78-80,92H,4,14-16,25-34,38-39,75H2,1-3H3,(H2,76,94)(H2,77,98)(H,81,105)(H,82,93)(H,83,101)(H,84,100)(H,85,99)(H,86,103)(H,87,104)(H,88,106)(H,89,102)(H,90,95)(H,96,97)/t40-,52-,53-,54-,55-,56+,57-,58-,59-,60-,64-/m0/s1. The molecule has 0 aliphatic carbocycles. The van der Waals surface area contributed by atoms with Gasteiger partial charge in [0.2, 0.25) is 76.8 Å². The molecule has 1 saturated heterocycles. The summed E-state index contributed by atoms with van der Waals surface area (Å²) in [6.45, 7) is 3.15. The minimum atomic E-state index is -1.75. The summed E-state index contributed by atoms with van der Waals surface area (Å²) in [6, 6.07) is 15.2. The zero-order chi connectivity index (χ0) is 77.4. The monoisotopic (exact) mass is 1480 g/mol. The van der Waals surface area contributed by atoms with Crippen LogP contribution in [-0.2, 0) is 92.8 Å². The summed E-state index contributed by atoms with van der Waals surface area (Å²) in [5.74, 6) is -13.7. The van der Waals surface area contributed by atoms with Gasteiger partial charge < -0.3 is 100 Å². The maximum atomic E-state index is 15.5. The van der Waals surface area contributed by atoms with Crippen molar-refractivity contribution in [3.8, 4) is 0 Å². The first-order valence-corrected chi connectivity index (χ1v) is 35.3. The first kappa shape index (κ1) is 80.7. The van der Waals surface area contributed by atoms with Gasteiger partial charge in [-0.05, 0) is 85.0 Å². The lowest BCUT2D eigenvalue weighted by molar-refractivity contribution is -0.142. The van der Waals surface area contributed by atoms with Gasteiger partial charge in [-0.2, -0.15) is 0 Å². The summed E-state index contributed by atoms with van der Waals surface area (Å²) in [6.07, 6.45) is 3.96. The van der Waals surface area contributed by atoms with E-state index in [1.54, 1.807) is 111 Å². The third-order valence-electron chi connectivity index (χ3n) is 18.7. The number of likely N-dealkylation sites (tertiary alicyclic amines) is 1. The first-order chi connectivity index (χ1) is 51.2. The van der Waals surface area contributed by atoms with Crippen LogP contribution in [0.25, 0.3) is 32.7 Å². The molecule has 8 rings (SSSR count). The number of aliphatic hydroxyl groups excluding tert-OH is 1. The van der Waals surface area contributed by atoms with Crippen molar-refractivity contribution in [1.29, 1.82) is 0 Å². The number of benzene rings is 4. The third kappa shape index (κ3) is 22.5. The van der Waals surface area contributed by atoms with E-state index in [2.05, 4.69) is 68.1 Å². The number of unbranched alkanes of at least 4 members (excludes halogenated alkanes) is 1. The Hall–Kier alpha value is -12.0. The average molecular weight is 1480 g/mol. The summed E-state index contributed by atoms with van der Waals surface area (Å²) in [5, 5.41) is 47.3. The minimum absolute atomic E-state index is 0.0263. The number of nitrogens with zero attached hydrogens (tertiary/aromatic N) is 1. The lowest BCUT2D eigenvalue weighted by atomic mass is 9.97. The van der Waals surface area contributed by atoms with E-state index in [1.165, 1.54) is 4.90 Å². The number of H-pyrrole nitrogens is 3. The number of hydrogen-bond acceptors (Lipinski definition) is 16. The van der Waals surface area contributed by atoms with Crippen molar-refractivity contribution >= 4 is 115 Å². The molecule has 0 unspecified atom stereocenters. The van der Waals surface area contributed by atoms with Crippen LogP contribution in [0.15, 0.2) is 122 Å².